The number of ether oxygens (including phenoxy) is 1. The first-order valence-corrected chi connectivity index (χ1v) is 5.54. The molecule has 3 nitrogen and oxygen atoms in total. The van der Waals surface area contributed by atoms with Crippen LogP contribution in [0.2, 0.25) is 0 Å². The number of nitrogens with two attached hydrogens (primary N) is 1. The van der Waals surface area contributed by atoms with E-state index < -0.39 is 5.60 Å². The number of rotatable bonds is 5. The Morgan fingerprint density at radius 1 is 1.43 bits per heavy atom. The Hall–Kier alpha value is -0.410. The second-order valence-electron chi connectivity index (χ2n) is 4.07. The van der Waals surface area contributed by atoms with E-state index >= 15 is 0 Å². The van der Waals surface area contributed by atoms with Crippen LogP contribution in [0.1, 0.15) is 44.9 Å². The summed E-state index contributed by atoms with van der Waals surface area (Å²) in [5.74, 6) is 0.295. The average Bonchev–Trinajstić information content (AvgIpc) is 2.21. The number of methoxy groups -OCH3 is 1. The molecule has 0 heterocycles. The summed E-state index contributed by atoms with van der Waals surface area (Å²) in [6.07, 6.45) is 6.56. The van der Waals surface area contributed by atoms with Gasteiger partial charge in [0.05, 0.1) is 0 Å². The summed E-state index contributed by atoms with van der Waals surface area (Å²) in [4.78, 5) is 11.8. The summed E-state index contributed by atoms with van der Waals surface area (Å²) >= 11 is 0. The van der Waals surface area contributed by atoms with Crippen LogP contribution in [0.4, 0.5) is 0 Å². The monoisotopic (exact) mass is 199 g/mol. The normalized spacial score (nSPS) is 28.0. The van der Waals surface area contributed by atoms with E-state index in [1.165, 1.54) is 0 Å². The molecule has 2 N–H and O–H groups in total. The second kappa shape index (κ2) is 5.47. The van der Waals surface area contributed by atoms with Crippen molar-refractivity contribution in [3.05, 3.63) is 0 Å². The summed E-state index contributed by atoms with van der Waals surface area (Å²) in [6, 6.07) is 0. The fourth-order valence-electron chi connectivity index (χ4n) is 2.20. The highest BCUT2D eigenvalue weighted by Gasteiger charge is 2.38. The Morgan fingerprint density at radius 2 is 2.21 bits per heavy atom. The Balaban J connectivity index is 2.50. The lowest BCUT2D eigenvalue weighted by atomic mass is 9.80. The van der Waals surface area contributed by atoms with E-state index in [-0.39, 0.29) is 0 Å². The Labute approximate surface area is 86.0 Å². The highest BCUT2D eigenvalue weighted by Crippen LogP contribution is 2.32. The molecule has 1 unspecified atom stereocenters. The molecule has 0 radical (unpaired) electrons. The molecule has 1 fully saturated rings. The Bertz CT molecular complexity index is 194. The van der Waals surface area contributed by atoms with Gasteiger partial charge >= 0.3 is 0 Å². The molecule has 0 aromatic heterocycles. The lowest BCUT2D eigenvalue weighted by Crippen LogP contribution is -2.43. The van der Waals surface area contributed by atoms with E-state index in [1.54, 1.807) is 7.11 Å². The van der Waals surface area contributed by atoms with Gasteiger partial charge in [-0.3, -0.25) is 4.79 Å². The number of carbonyl (C=O) groups is 1. The molecule has 1 atom stereocenters. The molecular formula is C11H21NO2. The minimum atomic E-state index is -0.465. The van der Waals surface area contributed by atoms with E-state index in [0.717, 1.165) is 38.5 Å². The molecule has 0 bridgehead atoms. The molecule has 1 rings (SSSR count). The van der Waals surface area contributed by atoms with Crippen LogP contribution in [-0.2, 0) is 9.53 Å². The van der Waals surface area contributed by atoms with Crippen molar-refractivity contribution in [3.63, 3.8) is 0 Å². The van der Waals surface area contributed by atoms with Gasteiger partial charge in [-0.1, -0.05) is 0 Å². The number of unbranched alkanes of at least 4 members (excludes halogenated alkanes) is 1. The smallest absolute Gasteiger partial charge is 0.164 e. The molecule has 0 aromatic carbocycles. The standard InChI is InChI=1S/C11H21NO2/c1-14-11(8-4-5-9-12)7-3-2-6-10(11)13/h2-9,12H2,1H3. The molecule has 3 heteroatoms. The predicted octanol–water partition coefficient (Wildman–Crippen LogP) is 1.64. The second-order valence-corrected chi connectivity index (χ2v) is 4.07. The fourth-order valence-corrected chi connectivity index (χ4v) is 2.20. The maximum atomic E-state index is 11.8. The SMILES string of the molecule is COC1(CCCCN)CCCCC1=O. The van der Waals surface area contributed by atoms with Crippen molar-refractivity contribution in [1.29, 1.82) is 0 Å². The van der Waals surface area contributed by atoms with Crippen molar-refractivity contribution in [2.45, 2.75) is 50.5 Å². The van der Waals surface area contributed by atoms with Crippen molar-refractivity contribution in [2.75, 3.05) is 13.7 Å². The van der Waals surface area contributed by atoms with E-state index in [0.29, 0.717) is 18.7 Å². The van der Waals surface area contributed by atoms with Crippen molar-refractivity contribution in [3.8, 4) is 0 Å². The van der Waals surface area contributed by atoms with Gasteiger partial charge in [-0.25, -0.2) is 0 Å². The largest absolute Gasteiger partial charge is 0.370 e. The van der Waals surface area contributed by atoms with Gasteiger partial charge in [0.2, 0.25) is 0 Å². The zero-order valence-electron chi connectivity index (χ0n) is 9.05. The zero-order valence-corrected chi connectivity index (χ0v) is 9.05. The fraction of sp³-hybridized carbons (Fsp3) is 0.909. The van der Waals surface area contributed by atoms with Crippen LogP contribution in [0.15, 0.2) is 0 Å². The topological polar surface area (TPSA) is 52.3 Å². The summed E-state index contributed by atoms with van der Waals surface area (Å²) in [5.41, 5.74) is 4.97. The van der Waals surface area contributed by atoms with Gasteiger partial charge in [-0.05, 0) is 45.1 Å². The third-order valence-corrected chi connectivity index (χ3v) is 3.17. The van der Waals surface area contributed by atoms with Gasteiger partial charge in [0, 0.05) is 13.5 Å². The van der Waals surface area contributed by atoms with Crippen molar-refractivity contribution < 1.29 is 9.53 Å². The first-order valence-electron chi connectivity index (χ1n) is 5.54. The number of hydrogen-bond donors (Lipinski definition) is 1. The number of carbonyl (C=O) groups excluding carboxylic acids is 1. The summed E-state index contributed by atoms with van der Waals surface area (Å²) in [6.45, 7) is 0.702. The Kier molecular flexibility index (Phi) is 4.55. The van der Waals surface area contributed by atoms with E-state index in [4.69, 9.17) is 10.5 Å². The molecule has 0 aliphatic heterocycles. The minimum Gasteiger partial charge on any atom is -0.370 e. The summed E-state index contributed by atoms with van der Waals surface area (Å²) in [5, 5.41) is 0. The van der Waals surface area contributed by atoms with Gasteiger partial charge in [-0.2, -0.15) is 0 Å². The first-order chi connectivity index (χ1) is 6.75. The molecule has 82 valence electrons. The van der Waals surface area contributed by atoms with Gasteiger partial charge in [0.25, 0.3) is 0 Å². The van der Waals surface area contributed by atoms with Crippen LogP contribution in [-0.4, -0.2) is 25.0 Å². The lowest BCUT2D eigenvalue weighted by molar-refractivity contribution is -0.146. The van der Waals surface area contributed by atoms with Crippen LogP contribution in [0.25, 0.3) is 0 Å². The molecule has 0 aromatic rings. The van der Waals surface area contributed by atoms with Gasteiger partial charge < -0.3 is 10.5 Å². The van der Waals surface area contributed by atoms with Crippen LogP contribution < -0.4 is 5.73 Å². The van der Waals surface area contributed by atoms with Crippen LogP contribution in [0.3, 0.4) is 0 Å². The van der Waals surface area contributed by atoms with Crippen LogP contribution in [0.5, 0.6) is 0 Å². The third-order valence-electron chi connectivity index (χ3n) is 3.17. The number of Topliss-reactive ketones (excluding diaryl/α,β-unsaturated/α-hetero) is 1. The van der Waals surface area contributed by atoms with Crippen LogP contribution >= 0.6 is 0 Å². The Morgan fingerprint density at radius 3 is 2.79 bits per heavy atom. The van der Waals surface area contributed by atoms with Crippen molar-refractivity contribution in [2.24, 2.45) is 5.73 Å². The minimum absolute atomic E-state index is 0.295. The van der Waals surface area contributed by atoms with Crippen molar-refractivity contribution in [1.82, 2.24) is 0 Å². The highest BCUT2D eigenvalue weighted by molar-refractivity contribution is 5.87. The predicted molar refractivity (Wildman–Crippen MR) is 56.1 cm³/mol. The lowest BCUT2D eigenvalue weighted by Gasteiger charge is -2.34. The summed E-state index contributed by atoms with van der Waals surface area (Å²) < 4.78 is 5.45. The molecule has 1 aliphatic rings. The highest BCUT2D eigenvalue weighted by atomic mass is 16.5. The maximum Gasteiger partial charge on any atom is 0.164 e. The van der Waals surface area contributed by atoms with E-state index in [9.17, 15) is 4.79 Å². The van der Waals surface area contributed by atoms with Crippen molar-refractivity contribution >= 4 is 5.78 Å². The van der Waals surface area contributed by atoms with E-state index in [1.807, 2.05) is 0 Å². The van der Waals surface area contributed by atoms with E-state index in [2.05, 4.69) is 0 Å². The quantitative estimate of drug-likeness (QED) is 0.685. The molecule has 14 heavy (non-hydrogen) atoms. The molecule has 1 aliphatic carbocycles. The number of ketones is 1. The molecule has 1 saturated carbocycles. The zero-order chi connectivity index (χ0) is 10.4. The summed E-state index contributed by atoms with van der Waals surface area (Å²) in [7, 11) is 1.66. The van der Waals surface area contributed by atoms with Crippen LogP contribution in [0, 0.1) is 0 Å². The van der Waals surface area contributed by atoms with Gasteiger partial charge in [0.1, 0.15) is 5.60 Å². The molecular weight excluding hydrogens is 178 g/mol. The van der Waals surface area contributed by atoms with Gasteiger partial charge in [0.15, 0.2) is 5.78 Å². The average molecular weight is 199 g/mol. The van der Waals surface area contributed by atoms with Gasteiger partial charge in [-0.15, -0.1) is 0 Å². The molecule has 0 spiro atoms. The maximum absolute atomic E-state index is 11.8. The molecule has 0 saturated heterocycles. The third kappa shape index (κ3) is 2.55. The number of hydrogen-bond acceptors (Lipinski definition) is 3. The molecule has 0 amide bonds. The first kappa shape index (κ1) is 11.7.